The fraction of sp³-hybridized carbons (Fsp3) is 0.143. The lowest BCUT2D eigenvalue weighted by Crippen LogP contribution is -2.21. The Kier molecular flexibility index (Phi) is 3.97. The Hall–Kier alpha value is -2.14. The summed E-state index contributed by atoms with van der Waals surface area (Å²) in [6, 6.07) is 10.8. The Morgan fingerprint density at radius 2 is 1.74 bits per heavy atom. The van der Waals surface area contributed by atoms with Gasteiger partial charge in [0, 0.05) is 6.54 Å². The molecule has 0 unspecified atom stereocenters. The normalized spacial score (nSPS) is 10.2. The fourth-order valence-electron chi connectivity index (χ4n) is 1.55. The van der Waals surface area contributed by atoms with Crippen LogP contribution in [-0.2, 0) is 6.54 Å². The van der Waals surface area contributed by atoms with E-state index in [1.54, 1.807) is 0 Å². The van der Waals surface area contributed by atoms with Crippen LogP contribution in [0.2, 0.25) is 0 Å². The van der Waals surface area contributed by atoms with E-state index >= 15 is 0 Å². The number of aryl methyl sites for hydroxylation is 1. The summed E-state index contributed by atoms with van der Waals surface area (Å²) in [6.07, 6.45) is 0. The van der Waals surface area contributed by atoms with Gasteiger partial charge in [-0.25, -0.2) is 4.79 Å². The van der Waals surface area contributed by atoms with Gasteiger partial charge in [0.05, 0.1) is 4.88 Å². The van der Waals surface area contributed by atoms with Gasteiger partial charge in [0.2, 0.25) is 0 Å². The predicted octanol–water partition coefficient (Wildman–Crippen LogP) is 2.68. The minimum absolute atomic E-state index is 0.167. The number of carbonyl (C=O) groups is 2. The molecule has 1 aromatic heterocycles. The second-order valence-electron chi connectivity index (χ2n) is 4.14. The smallest absolute Gasteiger partial charge is 0.345 e. The quantitative estimate of drug-likeness (QED) is 0.901. The van der Waals surface area contributed by atoms with Crippen molar-refractivity contribution in [2.24, 2.45) is 0 Å². The van der Waals surface area contributed by atoms with Crippen LogP contribution in [0.5, 0.6) is 0 Å². The predicted molar refractivity (Wildman–Crippen MR) is 73.6 cm³/mol. The topological polar surface area (TPSA) is 66.4 Å². The number of hydrogen-bond donors (Lipinski definition) is 2. The summed E-state index contributed by atoms with van der Waals surface area (Å²) in [4.78, 5) is 23.1. The van der Waals surface area contributed by atoms with E-state index in [0.29, 0.717) is 11.4 Å². The molecule has 2 aromatic rings. The lowest BCUT2D eigenvalue weighted by molar-refractivity contribution is 0.0702. The molecule has 98 valence electrons. The van der Waals surface area contributed by atoms with E-state index in [0.717, 1.165) is 16.9 Å². The molecule has 0 aliphatic heterocycles. The number of hydrogen-bond acceptors (Lipinski definition) is 3. The van der Waals surface area contributed by atoms with Crippen LogP contribution in [0.25, 0.3) is 0 Å². The molecule has 1 amide bonds. The van der Waals surface area contributed by atoms with Crippen molar-refractivity contribution in [3.05, 3.63) is 57.3 Å². The second-order valence-corrected chi connectivity index (χ2v) is 5.22. The minimum Gasteiger partial charge on any atom is -0.477 e. The maximum absolute atomic E-state index is 11.8. The Balaban J connectivity index is 1.97. The first kappa shape index (κ1) is 13.3. The first-order valence-electron chi connectivity index (χ1n) is 5.73. The van der Waals surface area contributed by atoms with E-state index < -0.39 is 5.97 Å². The summed E-state index contributed by atoms with van der Waals surface area (Å²) in [6.45, 7) is 2.43. The van der Waals surface area contributed by atoms with Crippen LogP contribution in [-0.4, -0.2) is 17.0 Å². The molecule has 0 spiro atoms. The molecule has 0 aliphatic carbocycles. The fourth-order valence-corrected chi connectivity index (χ4v) is 2.31. The van der Waals surface area contributed by atoms with Gasteiger partial charge in [0.15, 0.2) is 0 Å². The number of amides is 1. The highest BCUT2D eigenvalue weighted by atomic mass is 32.1. The van der Waals surface area contributed by atoms with Gasteiger partial charge in [-0.15, -0.1) is 11.3 Å². The number of nitrogens with one attached hydrogen (secondary N) is 1. The summed E-state index contributed by atoms with van der Waals surface area (Å²) in [5.41, 5.74) is 2.17. The van der Waals surface area contributed by atoms with E-state index in [9.17, 15) is 9.59 Å². The van der Waals surface area contributed by atoms with Crippen LogP contribution in [0.4, 0.5) is 0 Å². The molecule has 1 aromatic carbocycles. The Morgan fingerprint density at radius 3 is 2.32 bits per heavy atom. The van der Waals surface area contributed by atoms with E-state index in [1.165, 1.54) is 17.7 Å². The molecule has 0 fully saturated rings. The zero-order valence-corrected chi connectivity index (χ0v) is 11.2. The maximum Gasteiger partial charge on any atom is 0.345 e. The summed E-state index contributed by atoms with van der Waals surface area (Å²) >= 11 is 0.975. The largest absolute Gasteiger partial charge is 0.477 e. The summed E-state index contributed by atoms with van der Waals surface area (Å²) < 4.78 is 0. The van der Waals surface area contributed by atoms with Crippen LogP contribution in [0, 0.1) is 6.92 Å². The Labute approximate surface area is 114 Å². The van der Waals surface area contributed by atoms with Crippen molar-refractivity contribution in [1.82, 2.24) is 5.32 Å². The molecule has 0 saturated heterocycles. The number of carbonyl (C=O) groups excluding carboxylic acids is 1. The van der Waals surface area contributed by atoms with Crippen molar-refractivity contribution in [3.63, 3.8) is 0 Å². The van der Waals surface area contributed by atoms with E-state index in [4.69, 9.17) is 5.11 Å². The number of carboxylic acid groups (broad SMARTS) is 1. The first-order valence-corrected chi connectivity index (χ1v) is 6.55. The van der Waals surface area contributed by atoms with Crippen LogP contribution < -0.4 is 5.32 Å². The molecule has 2 rings (SSSR count). The van der Waals surface area contributed by atoms with Crippen LogP contribution >= 0.6 is 11.3 Å². The number of thiophene rings is 1. The average molecular weight is 275 g/mol. The Morgan fingerprint density at radius 1 is 1.11 bits per heavy atom. The molecule has 1 heterocycles. The molecular formula is C14H13NO3S. The molecule has 0 atom stereocenters. The molecule has 5 heteroatoms. The van der Waals surface area contributed by atoms with Gasteiger partial charge in [-0.2, -0.15) is 0 Å². The third-order valence-electron chi connectivity index (χ3n) is 2.61. The van der Waals surface area contributed by atoms with E-state index in [1.807, 2.05) is 31.2 Å². The molecule has 0 saturated carbocycles. The zero-order valence-electron chi connectivity index (χ0n) is 10.3. The second kappa shape index (κ2) is 5.67. The standard InChI is InChI=1S/C14H13NO3S/c1-9-2-4-10(5-3-9)8-15-13(16)11-6-7-12(19-11)14(17)18/h2-7H,8H2,1H3,(H,15,16)(H,17,18). The number of carboxylic acids is 1. The van der Waals surface area contributed by atoms with Crippen LogP contribution in [0.3, 0.4) is 0 Å². The number of rotatable bonds is 4. The molecule has 0 bridgehead atoms. The third kappa shape index (κ3) is 3.42. The van der Waals surface area contributed by atoms with Crippen molar-refractivity contribution in [2.45, 2.75) is 13.5 Å². The summed E-state index contributed by atoms with van der Waals surface area (Å²) in [5.74, 6) is -1.26. The van der Waals surface area contributed by atoms with Gasteiger partial charge in [0.25, 0.3) is 5.91 Å². The summed E-state index contributed by atoms with van der Waals surface area (Å²) in [7, 11) is 0. The zero-order chi connectivity index (χ0) is 13.8. The molecule has 0 aliphatic rings. The molecule has 0 radical (unpaired) electrons. The SMILES string of the molecule is Cc1ccc(CNC(=O)c2ccc(C(=O)O)s2)cc1. The monoisotopic (exact) mass is 275 g/mol. The van der Waals surface area contributed by atoms with Gasteiger partial charge in [-0.3, -0.25) is 4.79 Å². The maximum atomic E-state index is 11.8. The lowest BCUT2D eigenvalue weighted by atomic mass is 10.1. The van der Waals surface area contributed by atoms with Gasteiger partial charge < -0.3 is 10.4 Å². The van der Waals surface area contributed by atoms with Crippen molar-refractivity contribution in [3.8, 4) is 0 Å². The van der Waals surface area contributed by atoms with Crippen molar-refractivity contribution >= 4 is 23.2 Å². The average Bonchev–Trinajstić information content (AvgIpc) is 2.87. The van der Waals surface area contributed by atoms with Crippen molar-refractivity contribution in [1.29, 1.82) is 0 Å². The molecular weight excluding hydrogens is 262 g/mol. The van der Waals surface area contributed by atoms with Gasteiger partial charge in [0.1, 0.15) is 4.88 Å². The van der Waals surface area contributed by atoms with Gasteiger partial charge >= 0.3 is 5.97 Å². The van der Waals surface area contributed by atoms with E-state index in [2.05, 4.69) is 5.32 Å². The minimum atomic E-state index is -1.01. The van der Waals surface area contributed by atoms with Crippen molar-refractivity contribution in [2.75, 3.05) is 0 Å². The van der Waals surface area contributed by atoms with Gasteiger partial charge in [-0.1, -0.05) is 29.8 Å². The first-order chi connectivity index (χ1) is 9.06. The highest BCUT2D eigenvalue weighted by Gasteiger charge is 2.12. The van der Waals surface area contributed by atoms with Crippen LogP contribution in [0.1, 0.15) is 30.5 Å². The Bertz CT molecular complexity index is 601. The highest BCUT2D eigenvalue weighted by Crippen LogP contribution is 2.16. The van der Waals surface area contributed by atoms with E-state index in [-0.39, 0.29) is 10.8 Å². The molecule has 4 nitrogen and oxygen atoms in total. The van der Waals surface area contributed by atoms with Gasteiger partial charge in [-0.05, 0) is 24.6 Å². The molecule has 2 N–H and O–H groups in total. The number of aromatic carboxylic acids is 1. The highest BCUT2D eigenvalue weighted by molar-refractivity contribution is 7.15. The lowest BCUT2D eigenvalue weighted by Gasteiger charge is -2.04. The molecule has 19 heavy (non-hydrogen) atoms. The third-order valence-corrected chi connectivity index (χ3v) is 3.69. The van der Waals surface area contributed by atoms with Crippen LogP contribution in [0.15, 0.2) is 36.4 Å². The summed E-state index contributed by atoms with van der Waals surface area (Å²) in [5, 5.41) is 11.6. The van der Waals surface area contributed by atoms with Crippen molar-refractivity contribution < 1.29 is 14.7 Å². The number of benzene rings is 1.